The average molecular weight is 266 g/mol. The number of hydrogen-bond acceptors (Lipinski definition) is 4. The minimum Gasteiger partial charge on any atom is -0.523 e. The molecular formula is C13H24B2O4. The molecule has 4 nitrogen and oxygen atoms in total. The lowest BCUT2D eigenvalue weighted by atomic mass is 9.94. The molecule has 0 aliphatic carbocycles. The maximum Gasteiger partial charge on any atom is 0.591 e. The van der Waals surface area contributed by atoms with Crippen LogP contribution in [0.3, 0.4) is 0 Å². The summed E-state index contributed by atoms with van der Waals surface area (Å²) < 4.78 is 20.0. The Balaban J connectivity index is 0.000000305. The molecule has 0 atom stereocenters. The molecule has 0 radical (unpaired) electrons. The lowest BCUT2D eigenvalue weighted by Gasteiger charge is -2.18. The molecule has 2 heterocycles. The van der Waals surface area contributed by atoms with Crippen LogP contribution in [-0.2, 0) is 9.31 Å². The fourth-order valence-corrected chi connectivity index (χ4v) is 1.23. The monoisotopic (exact) mass is 266 g/mol. The molecule has 0 saturated carbocycles. The van der Waals surface area contributed by atoms with Crippen molar-refractivity contribution in [2.24, 2.45) is 0 Å². The largest absolute Gasteiger partial charge is 0.591 e. The standard InChI is InChI=1S/C7H7BO2.C2H5BO2.2C2H6/c1-8-9-6-4-2-3-5-7(6)10-8;1-3-4-2-5-3;2*1-2/h2-5H,1H3;2H2,1H3;2*1-2H3. The van der Waals surface area contributed by atoms with Crippen LogP contribution < -0.4 is 9.31 Å². The van der Waals surface area contributed by atoms with E-state index < -0.39 is 0 Å². The Morgan fingerprint density at radius 2 is 1.16 bits per heavy atom. The Morgan fingerprint density at radius 3 is 1.42 bits per heavy atom. The number of rotatable bonds is 0. The molecule has 0 bridgehead atoms. The van der Waals surface area contributed by atoms with Gasteiger partial charge >= 0.3 is 14.2 Å². The zero-order chi connectivity index (χ0) is 14.7. The van der Waals surface area contributed by atoms with Gasteiger partial charge in [0.25, 0.3) is 0 Å². The lowest BCUT2D eigenvalue weighted by molar-refractivity contribution is -0.00865. The predicted octanol–water partition coefficient (Wildman–Crippen LogP) is 3.74. The van der Waals surface area contributed by atoms with Gasteiger partial charge in [-0.2, -0.15) is 0 Å². The van der Waals surface area contributed by atoms with E-state index in [0.29, 0.717) is 6.79 Å². The van der Waals surface area contributed by atoms with Gasteiger partial charge in [-0.05, 0) is 25.8 Å². The van der Waals surface area contributed by atoms with E-state index in [2.05, 4.69) is 0 Å². The smallest absolute Gasteiger partial charge is 0.523 e. The minimum atomic E-state index is -0.127. The van der Waals surface area contributed by atoms with E-state index in [1.807, 2.05) is 65.6 Å². The molecule has 1 saturated heterocycles. The molecule has 0 N–H and O–H groups in total. The van der Waals surface area contributed by atoms with Crippen LogP contribution in [0.2, 0.25) is 13.6 Å². The van der Waals surface area contributed by atoms with Crippen LogP contribution in [0.25, 0.3) is 0 Å². The summed E-state index contributed by atoms with van der Waals surface area (Å²) in [7, 11) is -0.0626. The second-order valence-corrected chi connectivity index (χ2v) is 3.27. The summed E-state index contributed by atoms with van der Waals surface area (Å²) >= 11 is 0. The van der Waals surface area contributed by atoms with Gasteiger partial charge in [-0.1, -0.05) is 39.8 Å². The third-order valence-electron chi connectivity index (χ3n) is 2.04. The van der Waals surface area contributed by atoms with E-state index >= 15 is 0 Å². The Bertz CT molecular complexity index is 307. The molecular weight excluding hydrogens is 242 g/mol. The first-order valence-corrected chi connectivity index (χ1v) is 6.91. The third kappa shape index (κ3) is 6.55. The summed E-state index contributed by atoms with van der Waals surface area (Å²) in [5, 5.41) is 0. The summed E-state index contributed by atoms with van der Waals surface area (Å²) in [6.45, 7) is 12.2. The predicted molar refractivity (Wildman–Crippen MR) is 80.7 cm³/mol. The van der Waals surface area contributed by atoms with Crippen LogP contribution >= 0.6 is 0 Å². The van der Waals surface area contributed by atoms with Crippen molar-refractivity contribution in [2.75, 3.05) is 6.79 Å². The first-order chi connectivity index (χ1) is 9.25. The highest BCUT2D eigenvalue weighted by atomic mass is 16.8. The van der Waals surface area contributed by atoms with E-state index in [0.717, 1.165) is 11.5 Å². The molecule has 0 spiro atoms. The van der Waals surface area contributed by atoms with Gasteiger partial charge in [0.05, 0.1) is 0 Å². The van der Waals surface area contributed by atoms with Crippen LogP contribution in [0.15, 0.2) is 24.3 Å². The Labute approximate surface area is 117 Å². The van der Waals surface area contributed by atoms with Crippen molar-refractivity contribution >= 4 is 14.2 Å². The van der Waals surface area contributed by atoms with Gasteiger partial charge in [0.15, 0.2) is 0 Å². The quantitative estimate of drug-likeness (QED) is 0.670. The van der Waals surface area contributed by atoms with Gasteiger partial charge in [-0.15, -0.1) is 0 Å². The second-order valence-electron chi connectivity index (χ2n) is 3.27. The lowest BCUT2D eigenvalue weighted by Crippen LogP contribution is -2.31. The van der Waals surface area contributed by atoms with Crippen LogP contribution in [0.5, 0.6) is 11.5 Å². The number of para-hydroxylation sites is 2. The van der Waals surface area contributed by atoms with Crippen LogP contribution in [0, 0.1) is 0 Å². The van der Waals surface area contributed by atoms with Gasteiger partial charge in [0, 0.05) is 0 Å². The van der Waals surface area contributed by atoms with Gasteiger partial charge in [-0.3, -0.25) is 0 Å². The first kappa shape index (κ1) is 17.9. The molecule has 6 heteroatoms. The van der Waals surface area contributed by atoms with Gasteiger partial charge in [0.1, 0.15) is 18.3 Å². The topological polar surface area (TPSA) is 36.9 Å². The fourth-order valence-electron chi connectivity index (χ4n) is 1.23. The normalized spacial score (nSPS) is 13.8. The SMILES string of the molecule is CB1OCO1.CB1Oc2ccccc2O1.CC.CC. The van der Waals surface area contributed by atoms with E-state index in [-0.39, 0.29) is 14.2 Å². The van der Waals surface area contributed by atoms with Gasteiger partial charge in [-0.25, -0.2) is 0 Å². The molecule has 1 fully saturated rings. The zero-order valence-corrected chi connectivity index (χ0v) is 12.8. The molecule has 2 aliphatic rings. The summed E-state index contributed by atoms with van der Waals surface area (Å²) in [6.07, 6.45) is 0. The van der Waals surface area contributed by atoms with E-state index in [9.17, 15) is 0 Å². The Morgan fingerprint density at radius 1 is 0.789 bits per heavy atom. The summed E-state index contributed by atoms with van der Waals surface area (Å²) in [6, 6.07) is 7.66. The number of fused-ring (bicyclic) bond motifs is 1. The molecule has 1 aromatic carbocycles. The molecule has 0 amide bonds. The second kappa shape index (κ2) is 10.8. The highest BCUT2D eigenvalue weighted by molar-refractivity contribution is 6.45. The van der Waals surface area contributed by atoms with Crippen molar-refractivity contribution in [1.82, 2.24) is 0 Å². The molecule has 1 aromatic rings. The van der Waals surface area contributed by atoms with Crippen LogP contribution in [0.1, 0.15) is 27.7 Å². The van der Waals surface area contributed by atoms with Crippen molar-refractivity contribution in [3.05, 3.63) is 24.3 Å². The van der Waals surface area contributed by atoms with E-state index in [4.69, 9.17) is 18.6 Å². The summed E-state index contributed by atoms with van der Waals surface area (Å²) in [5.41, 5.74) is 0. The van der Waals surface area contributed by atoms with Crippen molar-refractivity contribution in [3.8, 4) is 11.5 Å². The summed E-state index contributed by atoms with van der Waals surface area (Å²) in [5.74, 6) is 1.69. The van der Waals surface area contributed by atoms with Crippen LogP contribution in [0.4, 0.5) is 0 Å². The highest BCUT2D eigenvalue weighted by Crippen LogP contribution is 2.32. The average Bonchev–Trinajstić information content (AvgIpc) is 2.82. The van der Waals surface area contributed by atoms with Crippen molar-refractivity contribution < 1.29 is 18.6 Å². The molecule has 0 unspecified atom stereocenters. The zero-order valence-electron chi connectivity index (χ0n) is 12.8. The van der Waals surface area contributed by atoms with Gasteiger partial charge < -0.3 is 18.6 Å². The third-order valence-corrected chi connectivity index (χ3v) is 2.04. The summed E-state index contributed by atoms with van der Waals surface area (Å²) in [4.78, 5) is 0. The minimum absolute atomic E-state index is 0.0648. The van der Waals surface area contributed by atoms with E-state index in [1.54, 1.807) is 0 Å². The fraction of sp³-hybridized carbons (Fsp3) is 0.538. The molecule has 106 valence electrons. The van der Waals surface area contributed by atoms with Crippen molar-refractivity contribution in [1.29, 1.82) is 0 Å². The van der Waals surface area contributed by atoms with Crippen molar-refractivity contribution in [2.45, 2.75) is 41.3 Å². The molecule has 3 rings (SSSR count). The maximum absolute atomic E-state index is 5.28. The van der Waals surface area contributed by atoms with E-state index in [1.165, 1.54) is 0 Å². The number of benzene rings is 1. The number of hydrogen-bond donors (Lipinski definition) is 0. The van der Waals surface area contributed by atoms with Crippen LogP contribution in [-0.4, -0.2) is 21.0 Å². The Hall–Kier alpha value is -1.13. The first-order valence-electron chi connectivity index (χ1n) is 6.91. The van der Waals surface area contributed by atoms with Gasteiger partial charge in [0.2, 0.25) is 0 Å². The molecule has 0 aromatic heterocycles. The Kier molecular flexibility index (Phi) is 10.1. The molecule has 2 aliphatic heterocycles. The highest BCUT2D eigenvalue weighted by Gasteiger charge is 2.24. The maximum atomic E-state index is 5.28. The van der Waals surface area contributed by atoms with Crippen molar-refractivity contribution in [3.63, 3.8) is 0 Å². The molecule has 19 heavy (non-hydrogen) atoms.